The Morgan fingerprint density at radius 1 is 1.43 bits per heavy atom. The monoisotopic (exact) mass is 208 g/mol. The summed E-state index contributed by atoms with van der Waals surface area (Å²) in [6.45, 7) is 4.27. The maximum Gasteiger partial charge on any atom is 0.170 e. The maximum atomic E-state index is 5.07. The van der Waals surface area contributed by atoms with E-state index < -0.39 is 0 Å². The third-order valence-corrected chi connectivity index (χ3v) is 2.55. The lowest BCUT2D eigenvalue weighted by molar-refractivity contribution is 1.11. The van der Waals surface area contributed by atoms with Crippen molar-refractivity contribution in [3.63, 3.8) is 0 Å². The number of thiocarbonyl (C=S) groups is 1. The molecule has 76 valence electrons. The van der Waals surface area contributed by atoms with Crippen LogP contribution < -0.4 is 10.6 Å². The summed E-state index contributed by atoms with van der Waals surface area (Å²) in [5, 5.41) is 6.73. The Bertz CT molecular complexity index is 334. The second-order valence-corrected chi connectivity index (χ2v) is 3.57. The molecule has 14 heavy (non-hydrogen) atoms. The zero-order chi connectivity index (χ0) is 10.6. The number of nitrogens with one attached hydrogen (secondary N) is 2. The molecule has 1 aromatic carbocycles. The van der Waals surface area contributed by atoms with Crippen LogP contribution in [0, 0.1) is 6.92 Å². The highest BCUT2D eigenvalue weighted by Gasteiger charge is 2.03. The highest BCUT2D eigenvalue weighted by molar-refractivity contribution is 7.80. The first-order chi connectivity index (χ1) is 6.69. The van der Waals surface area contributed by atoms with Crippen molar-refractivity contribution in [3.05, 3.63) is 29.3 Å². The van der Waals surface area contributed by atoms with Gasteiger partial charge in [0.15, 0.2) is 5.11 Å². The summed E-state index contributed by atoms with van der Waals surface area (Å²) in [4.78, 5) is 0. The first kappa shape index (κ1) is 11.0. The van der Waals surface area contributed by atoms with Crippen LogP contribution in [0.15, 0.2) is 18.2 Å². The summed E-state index contributed by atoms with van der Waals surface area (Å²) in [6, 6.07) is 6.21. The van der Waals surface area contributed by atoms with Crippen LogP contribution in [0.4, 0.5) is 5.69 Å². The van der Waals surface area contributed by atoms with E-state index in [2.05, 4.69) is 36.6 Å². The first-order valence-electron chi connectivity index (χ1n) is 4.76. The van der Waals surface area contributed by atoms with Gasteiger partial charge in [0.05, 0.1) is 0 Å². The Hall–Kier alpha value is -1.09. The molecule has 0 saturated heterocycles. The lowest BCUT2D eigenvalue weighted by Crippen LogP contribution is -2.24. The molecule has 0 heterocycles. The Kier molecular flexibility index (Phi) is 3.89. The summed E-state index contributed by atoms with van der Waals surface area (Å²) >= 11 is 5.07. The van der Waals surface area contributed by atoms with Crippen LogP contribution in [0.2, 0.25) is 0 Å². The van der Waals surface area contributed by atoms with Gasteiger partial charge in [-0.1, -0.05) is 19.1 Å². The van der Waals surface area contributed by atoms with Gasteiger partial charge >= 0.3 is 0 Å². The number of hydrogen-bond acceptors (Lipinski definition) is 1. The standard InChI is InChI=1S/C11H16N2S/c1-4-9-8(2)6-5-7-10(9)13-11(14)12-3/h5-7H,4H2,1-3H3,(H2,12,13,14). The molecule has 3 heteroatoms. The summed E-state index contributed by atoms with van der Waals surface area (Å²) in [5.74, 6) is 0. The highest BCUT2D eigenvalue weighted by Crippen LogP contribution is 2.19. The van der Waals surface area contributed by atoms with Crippen LogP contribution in [0.25, 0.3) is 0 Å². The second kappa shape index (κ2) is 4.96. The minimum Gasteiger partial charge on any atom is -0.366 e. The van der Waals surface area contributed by atoms with Gasteiger partial charge in [0, 0.05) is 12.7 Å². The van der Waals surface area contributed by atoms with Crippen LogP contribution in [-0.2, 0) is 6.42 Å². The molecule has 0 fully saturated rings. The summed E-state index contributed by atoms with van der Waals surface area (Å²) in [5.41, 5.74) is 3.73. The number of hydrogen-bond donors (Lipinski definition) is 2. The number of anilines is 1. The number of aryl methyl sites for hydroxylation is 1. The van der Waals surface area contributed by atoms with Gasteiger partial charge in [0.25, 0.3) is 0 Å². The summed E-state index contributed by atoms with van der Waals surface area (Å²) in [6.07, 6.45) is 1.02. The quantitative estimate of drug-likeness (QED) is 0.730. The average molecular weight is 208 g/mol. The van der Waals surface area contributed by atoms with Crippen molar-refractivity contribution in [1.82, 2.24) is 5.32 Å². The second-order valence-electron chi connectivity index (χ2n) is 3.16. The van der Waals surface area contributed by atoms with Crippen molar-refractivity contribution in [2.45, 2.75) is 20.3 Å². The van der Waals surface area contributed by atoms with E-state index in [9.17, 15) is 0 Å². The first-order valence-corrected chi connectivity index (χ1v) is 5.17. The van der Waals surface area contributed by atoms with Gasteiger partial charge < -0.3 is 10.6 Å². The molecule has 0 aromatic heterocycles. The zero-order valence-corrected chi connectivity index (χ0v) is 9.66. The molecule has 1 rings (SSSR count). The minimum absolute atomic E-state index is 0.658. The number of rotatable bonds is 2. The molecule has 0 unspecified atom stereocenters. The van der Waals surface area contributed by atoms with E-state index in [0.717, 1.165) is 12.1 Å². The maximum absolute atomic E-state index is 5.07. The largest absolute Gasteiger partial charge is 0.366 e. The van der Waals surface area contributed by atoms with E-state index in [1.54, 1.807) is 0 Å². The van der Waals surface area contributed by atoms with Crippen molar-refractivity contribution in [2.75, 3.05) is 12.4 Å². The smallest absolute Gasteiger partial charge is 0.170 e. The topological polar surface area (TPSA) is 24.1 Å². The molecule has 2 nitrogen and oxygen atoms in total. The van der Waals surface area contributed by atoms with E-state index in [-0.39, 0.29) is 0 Å². The average Bonchev–Trinajstić information content (AvgIpc) is 2.18. The molecule has 0 bridgehead atoms. The molecule has 0 saturated carbocycles. The molecule has 0 amide bonds. The van der Waals surface area contributed by atoms with Gasteiger partial charge in [0.1, 0.15) is 0 Å². The minimum atomic E-state index is 0.658. The molecular weight excluding hydrogens is 192 g/mol. The molecule has 0 aliphatic rings. The fourth-order valence-corrected chi connectivity index (χ4v) is 1.58. The Morgan fingerprint density at radius 2 is 2.14 bits per heavy atom. The fourth-order valence-electron chi connectivity index (χ4n) is 1.47. The summed E-state index contributed by atoms with van der Waals surface area (Å²) < 4.78 is 0. The lowest BCUT2D eigenvalue weighted by Gasteiger charge is -2.13. The lowest BCUT2D eigenvalue weighted by atomic mass is 10.0. The van der Waals surface area contributed by atoms with Gasteiger partial charge in [-0.25, -0.2) is 0 Å². The third kappa shape index (κ3) is 2.45. The van der Waals surface area contributed by atoms with Crippen LogP contribution in [-0.4, -0.2) is 12.2 Å². The highest BCUT2D eigenvalue weighted by atomic mass is 32.1. The number of benzene rings is 1. The van der Waals surface area contributed by atoms with Gasteiger partial charge in [0.2, 0.25) is 0 Å². The van der Waals surface area contributed by atoms with Gasteiger partial charge in [-0.15, -0.1) is 0 Å². The van der Waals surface area contributed by atoms with Crippen molar-refractivity contribution in [3.8, 4) is 0 Å². The van der Waals surface area contributed by atoms with Crippen LogP contribution in [0.3, 0.4) is 0 Å². The van der Waals surface area contributed by atoms with Gasteiger partial charge in [-0.3, -0.25) is 0 Å². The molecule has 0 radical (unpaired) electrons. The molecule has 0 spiro atoms. The van der Waals surface area contributed by atoms with Crippen molar-refractivity contribution >= 4 is 23.0 Å². The van der Waals surface area contributed by atoms with Crippen molar-refractivity contribution in [1.29, 1.82) is 0 Å². The normalized spacial score (nSPS) is 9.64. The molecule has 0 aliphatic carbocycles. The zero-order valence-electron chi connectivity index (χ0n) is 8.85. The van der Waals surface area contributed by atoms with Gasteiger partial charge in [-0.2, -0.15) is 0 Å². The van der Waals surface area contributed by atoms with E-state index >= 15 is 0 Å². The molecule has 1 aromatic rings. The predicted octanol–water partition coefficient (Wildman–Crippen LogP) is 2.47. The SMILES string of the molecule is CCc1c(C)cccc1NC(=S)NC. The van der Waals surface area contributed by atoms with Crippen LogP contribution >= 0.6 is 12.2 Å². The van der Waals surface area contributed by atoms with Crippen molar-refractivity contribution < 1.29 is 0 Å². The van der Waals surface area contributed by atoms with Crippen LogP contribution in [0.1, 0.15) is 18.1 Å². The van der Waals surface area contributed by atoms with E-state index in [1.165, 1.54) is 11.1 Å². The summed E-state index contributed by atoms with van der Waals surface area (Å²) in [7, 11) is 1.82. The molecule has 0 atom stereocenters. The Balaban J connectivity index is 2.96. The van der Waals surface area contributed by atoms with E-state index in [4.69, 9.17) is 12.2 Å². The molecular formula is C11H16N2S. The van der Waals surface area contributed by atoms with Crippen molar-refractivity contribution in [2.24, 2.45) is 0 Å². The Morgan fingerprint density at radius 3 is 2.71 bits per heavy atom. The van der Waals surface area contributed by atoms with Gasteiger partial charge in [-0.05, 0) is 42.8 Å². The van der Waals surface area contributed by atoms with Crippen LogP contribution in [0.5, 0.6) is 0 Å². The van der Waals surface area contributed by atoms with E-state index in [1.807, 2.05) is 13.1 Å². The Labute approximate surface area is 90.7 Å². The molecule has 0 aliphatic heterocycles. The third-order valence-electron chi connectivity index (χ3n) is 2.24. The van der Waals surface area contributed by atoms with E-state index in [0.29, 0.717) is 5.11 Å². The fraction of sp³-hybridized carbons (Fsp3) is 0.364. The molecule has 2 N–H and O–H groups in total. The predicted molar refractivity (Wildman–Crippen MR) is 65.8 cm³/mol.